The predicted molar refractivity (Wildman–Crippen MR) is 105 cm³/mol. The quantitative estimate of drug-likeness (QED) is 0.497. The highest BCUT2D eigenvalue weighted by Crippen LogP contribution is 2.44. The molecule has 1 amide bonds. The van der Waals surface area contributed by atoms with Gasteiger partial charge in [-0.1, -0.05) is 0 Å². The molecule has 1 saturated carbocycles. The molecule has 1 aromatic rings. The lowest BCUT2D eigenvalue weighted by Crippen LogP contribution is -2.53. The highest BCUT2D eigenvalue weighted by atomic mass is 79.9. The van der Waals surface area contributed by atoms with E-state index in [1.165, 1.54) is 0 Å². The van der Waals surface area contributed by atoms with Crippen molar-refractivity contribution in [2.24, 2.45) is 11.8 Å². The van der Waals surface area contributed by atoms with E-state index in [9.17, 15) is 9.90 Å². The fourth-order valence-electron chi connectivity index (χ4n) is 3.85. The number of aliphatic hydroxyl groups is 1. The van der Waals surface area contributed by atoms with Crippen LogP contribution < -0.4 is 5.32 Å². The van der Waals surface area contributed by atoms with Crippen LogP contribution in [-0.4, -0.2) is 56.3 Å². The summed E-state index contributed by atoms with van der Waals surface area (Å²) in [5.74, 6) is 0.854. The molecule has 2 atom stereocenters. The standard InChI is InChI=1S/C17H23BrN4O2S/c1-17(24)10-3-4-11(17)8-22(7-10)16(23)14-5-13(21-9-25-2)12(6-20-14)15(18)19/h5-6,10-11,19,24H,3-4,7-9H2,1-2H3,(H,20,21). The summed E-state index contributed by atoms with van der Waals surface area (Å²) in [6, 6.07) is 1.72. The largest absolute Gasteiger partial charge is 0.389 e. The van der Waals surface area contributed by atoms with Crippen molar-refractivity contribution < 1.29 is 9.90 Å². The zero-order chi connectivity index (χ0) is 18.2. The Labute approximate surface area is 160 Å². The van der Waals surface area contributed by atoms with Crippen LogP contribution in [0.4, 0.5) is 5.69 Å². The van der Waals surface area contributed by atoms with Gasteiger partial charge in [0.2, 0.25) is 0 Å². The van der Waals surface area contributed by atoms with Crippen LogP contribution in [0.25, 0.3) is 0 Å². The molecule has 3 N–H and O–H groups in total. The molecule has 8 heteroatoms. The topological polar surface area (TPSA) is 89.3 Å². The van der Waals surface area contributed by atoms with Crippen LogP contribution in [-0.2, 0) is 0 Å². The summed E-state index contributed by atoms with van der Waals surface area (Å²) in [5, 5.41) is 21.6. The average molecular weight is 427 g/mol. The molecular weight excluding hydrogens is 404 g/mol. The number of fused-ring (bicyclic) bond motifs is 2. The fraction of sp³-hybridized carbons (Fsp3) is 0.588. The lowest BCUT2D eigenvalue weighted by molar-refractivity contribution is -0.0616. The number of halogens is 1. The summed E-state index contributed by atoms with van der Waals surface area (Å²) in [4.78, 5) is 19.0. The maximum absolute atomic E-state index is 12.9. The first-order valence-electron chi connectivity index (χ1n) is 8.33. The van der Waals surface area contributed by atoms with Crippen molar-refractivity contribution in [2.75, 3.05) is 30.5 Å². The molecule has 136 valence electrons. The predicted octanol–water partition coefficient (Wildman–Crippen LogP) is 2.77. The molecule has 1 aliphatic heterocycles. The lowest BCUT2D eigenvalue weighted by atomic mass is 9.82. The summed E-state index contributed by atoms with van der Waals surface area (Å²) in [5.41, 5.74) is 1.07. The van der Waals surface area contributed by atoms with Crippen molar-refractivity contribution in [3.63, 3.8) is 0 Å². The van der Waals surface area contributed by atoms with Crippen LogP contribution in [0.2, 0.25) is 0 Å². The molecule has 2 heterocycles. The normalized spacial score (nSPS) is 28.1. The maximum Gasteiger partial charge on any atom is 0.272 e. The van der Waals surface area contributed by atoms with Crippen molar-refractivity contribution in [2.45, 2.75) is 25.4 Å². The number of amides is 1. The molecule has 3 rings (SSSR count). The van der Waals surface area contributed by atoms with Gasteiger partial charge in [0.25, 0.3) is 5.91 Å². The number of carbonyl (C=O) groups excluding carboxylic acids is 1. The summed E-state index contributed by atoms with van der Waals surface area (Å²) >= 11 is 4.80. The molecule has 25 heavy (non-hydrogen) atoms. The van der Waals surface area contributed by atoms with Gasteiger partial charge in [-0.15, -0.1) is 11.8 Å². The average Bonchev–Trinajstić information content (AvgIpc) is 2.77. The number of aromatic nitrogens is 1. The minimum Gasteiger partial charge on any atom is -0.389 e. The summed E-state index contributed by atoms with van der Waals surface area (Å²) in [7, 11) is 0. The third kappa shape index (κ3) is 3.57. The minimum absolute atomic E-state index is 0.104. The second kappa shape index (κ2) is 7.25. The van der Waals surface area contributed by atoms with Gasteiger partial charge in [-0.2, -0.15) is 0 Å². The Morgan fingerprint density at radius 1 is 1.52 bits per heavy atom. The first-order chi connectivity index (χ1) is 11.8. The number of thioether (sulfide) groups is 1. The summed E-state index contributed by atoms with van der Waals surface area (Å²) in [6.45, 7) is 3.05. The molecule has 1 aromatic heterocycles. The number of nitrogens with one attached hydrogen (secondary N) is 2. The number of nitrogens with zero attached hydrogens (tertiary/aromatic N) is 2. The lowest BCUT2D eigenvalue weighted by Gasteiger charge is -2.42. The van der Waals surface area contributed by atoms with E-state index in [-0.39, 0.29) is 22.4 Å². The van der Waals surface area contributed by atoms with Gasteiger partial charge in [0.05, 0.1) is 11.5 Å². The van der Waals surface area contributed by atoms with Gasteiger partial charge >= 0.3 is 0 Å². The molecule has 2 bridgehead atoms. The van der Waals surface area contributed by atoms with Crippen LogP contribution in [0.1, 0.15) is 35.8 Å². The van der Waals surface area contributed by atoms with Crippen LogP contribution in [0.5, 0.6) is 0 Å². The van der Waals surface area contributed by atoms with Crippen LogP contribution in [0.15, 0.2) is 12.3 Å². The second-order valence-corrected chi connectivity index (χ2v) is 8.61. The van der Waals surface area contributed by atoms with Crippen LogP contribution in [0.3, 0.4) is 0 Å². The Balaban J connectivity index is 1.82. The Hall–Kier alpha value is -1.12. The van der Waals surface area contributed by atoms with Crippen LogP contribution >= 0.6 is 27.7 Å². The van der Waals surface area contributed by atoms with E-state index in [4.69, 9.17) is 5.41 Å². The van der Waals surface area contributed by atoms with E-state index in [1.54, 1.807) is 24.0 Å². The van der Waals surface area contributed by atoms with E-state index in [1.807, 2.05) is 18.1 Å². The number of piperidine rings is 1. The van der Waals surface area contributed by atoms with Gasteiger partial charge in [-0.25, -0.2) is 0 Å². The van der Waals surface area contributed by atoms with Gasteiger partial charge in [0.1, 0.15) is 10.3 Å². The van der Waals surface area contributed by atoms with E-state index in [2.05, 4.69) is 26.2 Å². The van der Waals surface area contributed by atoms with E-state index >= 15 is 0 Å². The SMILES string of the molecule is CSCNc1cc(C(=O)N2CC3CCC(C2)C3(C)O)ncc1C(=N)Br. The molecule has 2 unspecified atom stereocenters. The Morgan fingerprint density at radius 2 is 2.16 bits per heavy atom. The van der Waals surface area contributed by atoms with Gasteiger partial charge in [0.15, 0.2) is 0 Å². The maximum atomic E-state index is 12.9. The fourth-order valence-corrected chi connectivity index (χ4v) is 4.47. The molecule has 2 fully saturated rings. The molecule has 6 nitrogen and oxygen atoms in total. The van der Waals surface area contributed by atoms with Crippen molar-refractivity contribution >= 4 is 43.9 Å². The number of carbonyl (C=O) groups is 1. The molecular formula is C17H23BrN4O2S. The van der Waals surface area contributed by atoms with Crippen molar-refractivity contribution in [1.29, 1.82) is 5.41 Å². The highest BCUT2D eigenvalue weighted by Gasteiger charge is 2.50. The van der Waals surface area contributed by atoms with E-state index in [0.717, 1.165) is 18.5 Å². The Bertz CT molecular complexity index is 681. The Morgan fingerprint density at radius 3 is 2.72 bits per heavy atom. The number of hydrogen-bond acceptors (Lipinski definition) is 6. The monoisotopic (exact) mass is 426 g/mol. The summed E-state index contributed by atoms with van der Waals surface area (Å²) in [6.07, 6.45) is 5.47. The zero-order valence-corrected chi connectivity index (χ0v) is 16.8. The molecule has 1 saturated heterocycles. The van der Waals surface area contributed by atoms with Gasteiger partial charge in [0, 0.05) is 42.4 Å². The minimum atomic E-state index is -0.663. The second-order valence-electron chi connectivity index (χ2n) is 6.95. The third-order valence-electron chi connectivity index (χ3n) is 5.45. The van der Waals surface area contributed by atoms with E-state index in [0.29, 0.717) is 30.2 Å². The molecule has 0 spiro atoms. The van der Waals surface area contributed by atoms with Crippen molar-refractivity contribution in [1.82, 2.24) is 9.88 Å². The zero-order valence-electron chi connectivity index (χ0n) is 14.4. The van der Waals surface area contributed by atoms with Gasteiger partial charge in [-0.3, -0.25) is 15.2 Å². The molecule has 0 radical (unpaired) electrons. The van der Waals surface area contributed by atoms with Gasteiger partial charge < -0.3 is 15.3 Å². The third-order valence-corrected chi connectivity index (χ3v) is 6.31. The van der Waals surface area contributed by atoms with Crippen molar-refractivity contribution in [3.05, 3.63) is 23.5 Å². The highest BCUT2D eigenvalue weighted by molar-refractivity contribution is 9.18. The molecule has 0 aromatic carbocycles. The number of anilines is 1. The number of hydrogen-bond donors (Lipinski definition) is 3. The number of pyridine rings is 1. The van der Waals surface area contributed by atoms with E-state index < -0.39 is 5.60 Å². The first kappa shape index (κ1) is 18.7. The number of likely N-dealkylation sites (tertiary alicyclic amines) is 1. The van der Waals surface area contributed by atoms with Crippen molar-refractivity contribution in [3.8, 4) is 0 Å². The number of rotatable bonds is 5. The Kier molecular flexibility index (Phi) is 5.41. The smallest absolute Gasteiger partial charge is 0.272 e. The van der Waals surface area contributed by atoms with Crippen LogP contribution in [0, 0.1) is 17.2 Å². The first-order valence-corrected chi connectivity index (χ1v) is 10.5. The molecule has 1 aliphatic carbocycles. The molecule has 2 aliphatic rings. The summed E-state index contributed by atoms with van der Waals surface area (Å²) < 4.78 is 0.231. The van der Waals surface area contributed by atoms with Gasteiger partial charge in [-0.05, 0) is 48.0 Å².